The predicted octanol–water partition coefficient (Wildman–Crippen LogP) is 4.56. The second-order valence-corrected chi connectivity index (χ2v) is 6.17. The van der Waals surface area contributed by atoms with Crippen molar-refractivity contribution in [1.82, 2.24) is 0 Å². The highest BCUT2D eigenvalue weighted by atomic mass is 19.1. The summed E-state index contributed by atoms with van der Waals surface area (Å²) in [4.78, 5) is 0. The molecule has 1 saturated carbocycles. The Hall–Kier alpha value is -1.67. The van der Waals surface area contributed by atoms with E-state index in [0.717, 1.165) is 23.5 Å². The third-order valence-electron chi connectivity index (χ3n) is 4.50. The molecule has 2 heteroatoms. The summed E-state index contributed by atoms with van der Waals surface area (Å²) < 4.78 is 13.5. The average molecular weight is 284 g/mol. The molecule has 2 aromatic carbocycles. The molecule has 0 saturated heterocycles. The van der Waals surface area contributed by atoms with Gasteiger partial charge < -0.3 is 5.11 Å². The number of halogens is 1. The molecule has 1 N–H and O–H groups in total. The molecule has 1 aliphatic rings. The summed E-state index contributed by atoms with van der Waals surface area (Å²) in [5.41, 5.74) is 1.22. The zero-order valence-corrected chi connectivity index (χ0v) is 12.3. The lowest BCUT2D eigenvalue weighted by atomic mass is 9.81. The molecule has 1 nitrogen and oxygen atoms in total. The van der Waals surface area contributed by atoms with E-state index < -0.39 is 5.60 Å². The van der Waals surface area contributed by atoms with Crippen LogP contribution < -0.4 is 0 Å². The van der Waals surface area contributed by atoms with Gasteiger partial charge in [0.1, 0.15) is 11.4 Å². The molecule has 1 fully saturated rings. The first kappa shape index (κ1) is 14.3. The maximum absolute atomic E-state index is 13.5. The van der Waals surface area contributed by atoms with Crippen LogP contribution in [0.5, 0.6) is 0 Å². The number of hydrogen-bond donors (Lipinski definition) is 1. The van der Waals surface area contributed by atoms with Gasteiger partial charge in [0.05, 0.1) is 0 Å². The van der Waals surface area contributed by atoms with Crippen LogP contribution in [0.2, 0.25) is 0 Å². The molecule has 3 rings (SSSR count). The van der Waals surface area contributed by atoms with Gasteiger partial charge in [-0.25, -0.2) is 4.39 Å². The van der Waals surface area contributed by atoms with E-state index in [1.54, 1.807) is 19.1 Å². The van der Waals surface area contributed by atoms with Crippen LogP contribution in [0.3, 0.4) is 0 Å². The lowest BCUT2D eigenvalue weighted by molar-refractivity contribution is 0.0668. The van der Waals surface area contributed by atoms with Crippen molar-refractivity contribution in [3.63, 3.8) is 0 Å². The van der Waals surface area contributed by atoms with E-state index in [0.29, 0.717) is 12.0 Å². The van der Waals surface area contributed by atoms with Gasteiger partial charge in [0.25, 0.3) is 0 Å². The van der Waals surface area contributed by atoms with Crippen molar-refractivity contribution >= 4 is 0 Å². The van der Waals surface area contributed by atoms with Crippen LogP contribution in [0.15, 0.2) is 48.5 Å². The molecule has 2 aromatic rings. The number of rotatable bonds is 5. The van der Waals surface area contributed by atoms with Crippen LogP contribution in [-0.4, -0.2) is 5.11 Å². The van der Waals surface area contributed by atoms with Crippen LogP contribution in [-0.2, 0) is 5.60 Å². The summed E-state index contributed by atoms with van der Waals surface area (Å²) in [6, 6.07) is 14.7. The monoisotopic (exact) mass is 284 g/mol. The summed E-state index contributed by atoms with van der Waals surface area (Å²) in [6.07, 6.45) is 4.25. The van der Waals surface area contributed by atoms with Crippen molar-refractivity contribution in [2.75, 3.05) is 0 Å². The molecule has 21 heavy (non-hydrogen) atoms. The summed E-state index contributed by atoms with van der Waals surface area (Å²) >= 11 is 0. The summed E-state index contributed by atoms with van der Waals surface area (Å²) in [7, 11) is 0. The van der Waals surface area contributed by atoms with Gasteiger partial charge in [-0.2, -0.15) is 0 Å². The Labute approximate surface area is 125 Å². The summed E-state index contributed by atoms with van der Waals surface area (Å²) in [5, 5.41) is 11.3. The topological polar surface area (TPSA) is 20.2 Å². The van der Waals surface area contributed by atoms with Crippen LogP contribution in [0.1, 0.15) is 42.4 Å². The molecule has 1 atom stereocenters. The fourth-order valence-electron chi connectivity index (χ4n) is 2.89. The number of aryl methyl sites for hydroxylation is 1. The SMILES string of the molecule is Cc1cc(C(O)(CCC2CC2)c2ccccc2)ccc1F. The van der Waals surface area contributed by atoms with Gasteiger partial charge in [-0.15, -0.1) is 0 Å². The second-order valence-electron chi connectivity index (χ2n) is 6.17. The molecule has 0 aliphatic heterocycles. The van der Waals surface area contributed by atoms with Crippen LogP contribution in [0.4, 0.5) is 4.39 Å². The van der Waals surface area contributed by atoms with Gasteiger partial charge in [0, 0.05) is 0 Å². The van der Waals surface area contributed by atoms with Crippen molar-refractivity contribution in [2.45, 2.75) is 38.2 Å². The van der Waals surface area contributed by atoms with E-state index >= 15 is 0 Å². The summed E-state index contributed by atoms with van der Waals surface area (Å²) in [6.45, 7) is 1.74. The van der Waals surface area contributed by atoms with Gasteiger partial charge in [-0.1, -0.05) is 49.2 Å². The van der Waals surface area contributed by atoms with Gasteiger partial charge in [0.15, 0.2) is 0 Å². The normalized spacial score (nSPS) is 17.5. The minimum absolute atomic E-state index is 0.226. The third kappa shape index (κ3) is 3.01. The zero-order valence-electron chi connectivity index (χ0n) is 12.3. The van der Waals surface area contributed by atoms with Crippen molar-refractivity contribution < 1.29 is 9.50 Å². The van der Waals surface area contributed by atoms with E-state index in [4.69, 9.17) is 0 Å². The first-order chi connectivity index (χ1) is 10.1. The Kier molecular flexibility index (Phi) is 3.81. The molecule has 0 spiro atoms. The van der Waals surface area contributed by atoms with E-state index in [1.807, 2.05) is 30.3 Å². The third-order valence-corrected chi connectivity index (χ3v) is 4.50. The van der Waals surface area contributed by atoms with Crippen LogP contribution in [0, 0.1) is 18.7 Å². The van der Waals surface area contributed by atoms with Gasteiger partial charge >= 0.3 is 0 Å². The Morgan fingerprint density at radius 1 is 1.10 bits per heavy atom. The Balaban J connectivity index is 1.99. The largest absolute Gasteiger partial charge is 0.380 e. The number of benzene rings is 2. The highest BCUT2D eigenvalue weighted by Gasteiger charge is 2.34. The van der Waals surface area contributed by atoms with E-state index in [9.17, 15) is 9.50 Å². The maximum Gasteiger partial charge on any atom is 0.126 e. The lowest BCUT2D eigenvalue weighted by Gasteiger charge is -2.30. The van der Waals surface area contributed by atoms with Gasteiger partial charge in [-0.05, 0) is 54.5 Å². The highest BCUT2D eigenvalue weighted by Crippen LogP contribution is 2.41. The van der Waals surface area contributed by atoms with Gasteiger partial charge in [-0.3, -0.25) is 0 Å². The van der Waals surface area contributed by atoms with Crippen LogP contribution in [0.25, 0.3) is 0 Å². The minimum Gasteiger partial charge on any atom is -0.380 e. The smallest absolute Gasteiger partial charge is 0.126 e. The maximum atomic E-state index is 13.5. The standard InChI is InChI=1S/C19H21FO/c1-14-13-17(9-10-18(14)20)19(21,12-11-15-7-8-15)16-5-3-2-4-6-16/h2-6,9-10,13,15,21H,7-8,11-12H2,1H3. The quantitative estimate of drug-likeness (QED) is 0.853. The van der Waals surface area contributed by atoms with Crippen molar-refractivity contribution in [3.05, 3.63) is 71.0 Å². The van der Waals surface area contributed by atoms with E-state index in [-0.39, 0.29) is 5.82 Å². The molecule has 0 amide bonds. The Morgan fingerprint density at radius 3 is 2.43 bits per heavy atom. The average Bonchev–Trinajstić information content (AvgIpc) is 3.33. The van der Waals surface area contributed by atoms with Crippen molar-refractivity contribution in [3.8, 4) is 0 Å². The van der Waals surface area contributed by atoms with Crippen molar-refractivity contribution in [1.29, 1.82) is 0 Å². The first-order valence-corrected chi connectivity index (χ1v) is 7.64. The van der Waals surface area contributed by atoms with Gasteiger partial charge in [0.2, 0.25) is 0 Å². The minimum atomic E-state index is -1.03. The van der Waals surface area contributed by atoms with Crippen molar-refractivity contribution in [2.24, 2.45) is 5.92 Å². The fourth-order valence-corrected chi connectivity index (χ4v) is 2.89. The molecule has 0 bridgehead atoms. The van der Waals surface area contributed by atoms with Crippen LogP contribution >= 0.6 is 0 Å². The second kappa shape index (κ2) is 5.61. The zero-order chi connectivity index (χ0) is 14.9. The molecule has 110 valence electrons. The highest BCUT2D eigenvalue weighted by molar-refractivity contribution is 5.38. The lowest BCUT2D eigenvalue weighted by Crippen LogP contribution is -2.27. The predicted molar refractivity (Wildman–Crippen MR) is 82.5 cm³/mol. The van der Waals surface area contributed by atoms with E-state index in [2.05, 4.69) is 0 Å². The molecule has 0 aromatic heterocycles. The molecule has 0 radical (unpaired) electrons. The molecule has 0 heterocycles. The molecule has 1 unspecified atom stereocenters. The Morgan fingerprint density at radius 2 is 1.81 bits per heavy atom. The Bertz CT molecular complexity index is 619. The molecular weight excluding hydrogens is 263 g/mol. The molecular formula is C19H21FO. The first-order valence-electron chi connectivity index (χ1n) is 7.64. The fraction of sp³-hybridized carbons (Fsp3) is 0.368. The number of hydrogen-bond acceptors (Lipinski definition) is 1. The molecule has 1 aliphatic carbocycles. The summed E-state index contributed by atoms with van der Waals surface area (Å²) in [5.74, 6) is 0.526. The van der Waals surface area contributed by atoms with E-state index in [1.165, 1.54) is 18.9 Å². The number of aliphatic hydroxyl groups is 1.